The molecule has 0 amide bonds. The lowest BCUT2D eigenvalue weighted by Gasteiger charge is -2.02. The third kappa shape index (κ3) is 2.07. The lowest BCUT2D eigenvalue weighted by molar-refractivity contribution is 1.19. The van der Waals surface area contributed by atoms with Crippen molar-refractivity contribution in [3.8, 4) is 0 Å². The molecule has 0 N–H and O–H groups in total. The maximum absolute atomic E-state index is 12.3. The Kier molecular flexibility index (Phi) is 2.95. The first-order valence-corrected chi connectivity index (χ1v) is 6.76. The highest BCUT2D eigenvalue weighted by Crippen LogP contribution is 2.17. The van der Waals surface area contributed by atoms with E-state index in [0.29, 0.717) is 6.42 Å². The zero-order valence-corrected chi connectivity index (χ0v) is 10.6. The van der Waals surface area contributed by atoms with Gasteiger partial charge in [-0.3, -0.25) is 4.79 Å². The average molecular weight is 252 g/mol. The van der Waals surface area contributed by atoms with Gasteiger partial charge in [-0.1, -0.05) is 42.5 Å². The van der Waals surface area contributed by atoms with Crippen molar-refractivity contribution in [3.63, 3.8) is 0 Å². The second kappa shape index (κ2) is 4.75. The molecule has 0 spiro atoms. The molecule has 0 atom stereocenters. The van der Waals surface area contributed by atoms with Gasteiger partial charge in [0, 0.05) is 22.1 Å². The van der Waals surface area contributed by atoms with Crippen LogP contribution in [0.4, 0.5) is 0 Å². The van der Waals surface area contributed by atoms with Gasteiger partial charge >= 0.3 is 0 Å². The molecule has 2 heteroatoms. The van der Waals surface area contributed by atoms with Crippen LogP contribution in [0.25, 0.3) is 10.1 Å². The van der Waals surface area contributed by atoms with Crippen molar-refractivity contribution in [1.82, 2.24) is 0 Å². The summed E-state index contributed by atoms with van der Waals surface area (Å²) in [5.74, 6) is 0. The second-order valence-electron chi connectivity index (χ2n) is 4.25. The van der Waals surface area contributed by atoms with Gasteiger partial charge in [0.1, 0.15) is 0 Å². The summed E-state index contributed by atoms with van der Waals surface area (Å²) in [7, 11) is 0. The minimum absolute atomic E-state index is 0.160. The summed E-state index contributed by atoms with van der Waals surface area (Å²) < 4.78 is 1.05. The van der Waals surface area contributed by atoms with Crippen molar-refractivity contribution in [1.29, 1.82) is 0 Å². The Balaban J connectivity index is 2.08. The predicted molar refractivity (Wildman–Crippen MR) is 77.3 cm³/mol. The second-order valence-corrected chi connectivity index (χ2v) is 5.16. The Morgan fingerprint density at radius 3 is 2.44 bits per heavy atom. The average Bonchev–Trinajstić information content (AvgIpc) is 2.43. The van der Waals surface area contributed by atoms with Crippen LogP contribution in [0.3, 0.4) is 0 Å². The Labute approximate surface area is 109 Å². The lowest BCUT2D eigenvalue weighted by atomic mass is 10.1. The van der Waals surface area contributed by atoms with Gasteiger partial charge in [0.15, 0.2) is 5.43 Å². The Morgan fingerprint density at radius 1 is 0.889 bits per heavy atom. The Hall–Kier alpha value is -1.93. The molecule has 0 aliphatic rings. The summed E-state index contributed by atoms with van der Waals surface area (Å²) in [5.41, 5.74) is 2.22. The number of rotatable bonds is 2. The molecule has 2 aromatic carbocycles. The van der Waals surface area contributed by atoms with Crippen molar-refractivity contribution in [3.05, 3.63) is 81.3 Å². The molecular weight excluding hydrogens is 240 g/mol. The van der Waals surface area contributed by atoms with E-state index in [1.54, 1.807) is 11.3 Å². The molecule has 0 fully saturated rings. The Morgan fingerprint density at radius 2 is 1.61 bits per heavy atom. The van der Waals surface area contributed by atoms with Crippen molar-refractivity contribution in [2.75, 3.05) is 0 Å². The number of fused-ring (bicyclic) bond motifs is 1. The number of hydrogen-bond acceptors (Lipinski definition) is 2. The normalized spacial score (nSPS) is 10.7. The van der Waals surface area contributed by atoms with Crippen LogP contribution in [0.15, 0.2) is 64.8 Å². The molecule has 88 valence electrons. The van der Waals surface area contributed by atoms with Gasteiger partial charge in [-0.25, -0.2) is 0 Å². The maximum atomic E-state index is 12.3. The fourth-order valence-corrected chi connectivity index (χ4v) is 2.96. The van der Waals surface area contributed by atoms with E-state index in [-0.39, 0.29) is 5.43 Å². The highest BCUT2D eigenvalue weighted by molar-refractivity contribution is 7.16. The maximum Gasteiger partial charge on any atom is 0.191 e. The zero-order chi connectivity index (χ0) is 12.4. The van der Waals surface area contributed by atoms with Crippen molar-refractivity contribution < 1.29 is 0 Å². The van der Waals surface area contributed by atoms with Crippen molar-refractivity contribution >= 4 is 21.4 Å². The van der Waals surface area contributed by atoms with Crippen molar-refractivity contribution in [2.24, 2.45) is 0 Å². The summed E-state index contributed by atoms with van der Waals surface area (Å²) in [6.07, 6.45) is 0.709. The summed E-state index contributed by atoms with van der Waals surface area (Å²) in [5, 5.41) is 2.81. The van der Waals surface area contributed by atoms with Gasteiger partial charge < -0.3 is 0 Å². The van der Waals surface area contributed by atoms with E-state index < -0.39 is 0 Å². The van der Waals surface area contributed by atoms with Crippen LogP contribution in [0.2, 0.25) is 0 Å². The predicted octanol–water partition coefficient (Wildman–Crippen LogP) is 3.85. The third-order valence-electron chi connectivity index (χ3n) is 2.99. The smallest absolute Gasteiger partial charge is 0.191 e. The van der Waals surface area contributed by atoms with Crippen LogP contribution >= 0.6 is 11.3 Å². The molecule has 3 rings (SSSR count). The molecule has 0 radical (unpaired) electrons. The highest BCUT2D eigenvalue weighted by Gasteiger charge is 2.05. The van der Waals surface area contributed by atoms with Crippen LogP contribution in [-0.2, 0) is 6.42 Å². The molecule has 3 aromatic rings. The molecule has 1 aromatic heterocycles. The van der Waals surface area contributed by atoms with E-state index >= 15 is 0 Å². The first-order valence-electron chi connectivity index (χ1n) is 5.88. The van der Waals surface area contributed by atoms with Crippen molar-refractivity contribution in [2.45, 2.75) is 6.42 Å². The molecule has 0 aliphatic heterocycles. The molecular formula is C16H12OS. The van der Waals surface area contributed by atoms with E-state index in [1.807, 2.05) is 47.8 Å². The number of benzene rings is 2. The van der Waals surface area contributed by atoms with E-state index in [9.17, 15) is 4.79 Å². The fourth-order valence-electron chi connectivity index (χ4n) is 2.06. The van der Waals surface area contributed by atoms with E-state index in [0.717, 1.165) is 15.6 Å². The van der Waals surface area contributed by atoms with E-state index in [2.05, 4.69) is 12.1 Å². The fraction of sp³-hybridized carbons (Fsp3) is 0.0625. The van der Waals surface area contributed by atoms with Gasteiger partial charge in [-0.15, -0.1) is 11.3 Å². The molecule has 1 nitrogen and oxygen atoms in total. The lowest BCUT2D eigenvalue weighted by Crippen LogP contribution is -2.08. The zero-order valence-electron chi connectivity index (χ0n) is 9.80. The summed E-state index contributed by atoms with van der Waals surface area (Å²) in [6.45, 7) is 0. The quantitative estimate of drug-likeness (QED) is 0.677. The summed E-state index contributed by atoms with van der Waals surface area (Å²) >= 11 is 1.64. The molecule has 1 heterocycles. The molecule has 0 bridgehead atoms. The van der Waals surface area contributed by atoms with Gasteiger partial charge in [-0.2, -0.15) is 0 Å². The first kappa shape index (κ1) is 11.2. The molecule has 18 heavy (non-hydrogen) atoms. The topological polar surface area (TPSA) is 17.1 Å². The minimum Gasteiger partial charge on any atom is -0.289 e. The molecule has 0 aliphatic carbocycles. The van der Waals surface area contributed by atoms with Crippen LogP contribution in [0.1, 0.15) is 11.1 Å². The van der Waals surface area contributed by atoms with Gasteiger partial charge in [0.2, 0.25) is 0 Å². The van der Waals surface area contributed by atoms with E-state index in [4.69, 9.17) is 0 Å². The molecule has 0 saturated carbocycles. The summed E-state index contributed by atoms with van der Waals surface area (Å²) in [6, 6.07) is 17.9. The highest BCUT2D eigenvalue weighted by atomic mass is 32.1. The standard InChI is InChI=1S/C16H12OS/c17-16-13(10-12-6-2-1-3-7-12)11-18-15-9-5-4-8-14(15)16/h1-9,11H,10H2. The van der Waals surface area contributed by atoms with Crippen LogP contribution in [0.5, 0.6) is 0 Å². The number of hydrogen-bond donors (Lipinski definition) is 0. The summed E-state index contributed by atoms with van der Waals surface area (Å²) in [4.78, 5) is 12.3. The SMILES string of the molecule is O=c1c(Cc2ccccc2)csc2ccccc12. The Bertz CT molecular complexity index is 729. The third-order valence-corrected chi connectivity index (χ3v) is 4.00. The van der Waals surface area contributed by atoms with Crippen LogP contribution in [-0.4, -0.2) is 0 Å². The van der Waals surface area contributed by atoms with Gasteiger partial charge in [0.05, 0.1) is 0 Å². The molecule has 0 unspecified atom stereocenters. The van der Waals surface area contributed by atoms with Crippen LogP contribution < -0.4 is 5.43 Å². The van der Waals surface area contributed by atoms with Crippen LogP contribution in [0, 0.1) is 0 Å². The van der Waals surface area contributed by atoms with Gasteiger partial charge in [-0.05, 0) is 23.1 Å². The molecule has 0 saturated heterocycles. The monoisotopic (exact) mass is 252 g/mol. The minimum atomic E-state index is 0.160. The largest absolute Gasteiger partial charge is 0.289 e. The van der Waals surface area contributed by atoms with Gasteiger partial charge in [0.25, 0.3) is 0 Å². The van der Waals surface area contributed by atoms with E-state index in [1.165, 1.54) is 5.56 Å². The first-order chi connectivity index (χ1) is 8.84.